The van der Waals surface area contributed by atoms with Gasteiger partial charge in [-0.2, -0.15) is 0 Å². The maximum Gasteiger partial charge on any atom is 0.328 e. The topological polar surface area (TPSA) is 91.4 Å². The lowest BCUT2D eigenvalue weighted by Gasteiger charge is -2.25. The van der Waals surface area contributed by atoms with E-state index in [9.17, 15) is 14.4 Å². The molecular formula is C26H31NO7S. The summed E-state index contributed by atoms with van der Waals surface area (Å²) in [6, 6.07) is 15.5. The summed E-state index contributed by atoms with van der Waals surface area (Å²) in [4.78, 5) is 39.6. The zero-order valence-electron chi connectivity index (χ0n) is 20.3. The first kappa shape index (κ1) is 26.7. The molecule has 2 unspecified atom stereocenters. The van der Waals surface area contributed by atoms with Crippen LogP contribution in [0.15, 0.2) is 54.6 Å². The number of benzene rings is 2. The summed E-state index contributed by atoms with van der Waals surface area (Å²) in [5.41, 5.74) is 1.38. The minimum Gasteiger partial charge on any atom is -0.488 e. The number of hydrogen-bond donors (Lipinski definition) is 0. The molecule has 2 aromatic rings. The number of esters is 1. The van der Waals surface area contributed by atoms with E-state index >= 15 is 0 Å². The summed E-state index contributed by atoms with van der Waals surface area (Å²) in [6.07, 6.45) is -0.615. The van der Waals surface area contributed by atoms with Gasteiger partial charge in [-0.1, -0.05) is 61.2 Å². The largest absolute Gasteiger partial charge is 0.488 e. The van der Waals surface area contributed by atoms with Gasteiger partial charge in [-0.05, 0) is 12.1 Å². The van der Waals surface area contributed by atoms with Crippen molar-refractivity contribution in [2.24, 2.45) is 5.92 Å². The second-order valence-electron chi connectivity index (χ2n) is 8.25. The lowest BCUT2D eigenvalue weighted by atomic mass is 10.1. The van der Waals surface area contributed by atoms with Gasteiger partial charge in [0.1, 0.15) is 17.9 Å². The van der Waals surface area contributed by atoms with Crippen molar-refractivity contribution < 1.29 is 33.3 Å². The molecule has 0 spiro atoms. The number of likely N-dealkylation sites (tertiary alicyclic amines) is 1. The number of rotatable bonds is 10. The van der Waals surface area contributed by atoms with Crippen molar-refractivity contribution in [3.05, 3.63) is 65.7 Å². The Balaban J connectivity index is 1.66. The molecule has 0 N–H and O–H groups in total. The highest BCUT2D eigenvalue weighted by molar-refractivity contribution is 8.14. The van der Waals surface area contributed by atoms with E-state index in [0.717, 1.165) is 17.3 Å². The van der Waals surface area contributed by atoms with Crippen LogP contribution in [0.25, 0.3) is 0 Å². The third kappa shape index (κ3) is 6.84. The number of ether oxygens (including phenoxy) is 4. The minimum atomic E-state index is -0.747. The van der Waals surface area contributed by atoms with Crippen LogP contribution < -0.4 is 4.74 Å². The molecule has 188 valence electrons. The van der Waals surface area contributed by atoms with Gasteiger partial charge in [-0.25, -0.2) is 4.79 Å². The monoisotopic (exact) mass is 501 g/mol. The SMILES string of the molecule is COC(=O)[C@@H]1CC(Oc2cccc(C(OC)OC)c2)CN1C(=O)C(C)CSC(=O)c1ccccc1. The molecule has 3 atom stereocenters. The molecule has 0 saturated carbocycles. The number of thioether (sulfide) groups is 1. The van der Waals surface area contributed by atoms with Crippen LogP contribution in [0.2, 0.25) is 0 Å². The van der Waals surface area contributed by atoms with Crippen molar-refractivity contribution in [2.45, 2.75) is 31.8 Å². The standard InChI is InChI=1S/C26H31NO7S/c1-17(16-35-25(30)18-9-6-5-7-10-18)23(28)27-15-21(14-22(27)24(29)31-2)34-20-12-8-11-19(13-20)26(32-3)33-4/h5-13,17,21-22,26H,14-16H2,1-4H3/t17?,21?,22-/m0/s1. The van der Waals surface area contributed by atoms with Gasteiger partial charge in [-0.3, -0.25) is 9.59 Å². The molecule has 1 aliphatic rings. The van der Waals surface area contributed by atoms with Crippen LogP contribution in [-0.2, 0) is 23.8 Å². The van der Waals surface area contributed by atoms with E-state index in [0.29, 0.717) is 23.5 Å². The van der Waals surface area contributed by atoms with E-state index in [-0.39, 0.29) is 17.6 Å². The fourth-order valence-electron chi connectivity index (χ4n) is 3.99. The van der Waals surface area contributed by atoms with Crippen LogP contribution in [0.1, 0.15) is 35.6 Å². The Labute approximate surface area is 209 Å². The van der Waals surface area contributed by atoms with Gasteiger partial charge in [0.15, 0.2) is 6.29 Å². The van der Waals surface area contributed by atoms with E-state index in [1.54, 1.807) is 51.5 Å². The van der Waals surface area contributed by atoms with E-state index < -0.39 is 30.3 Å². The van der Waals surface area contributed by atoms with Crippen LogP contribution in [0, 0.1) is 5.92 Å². The van der Waals surface area contributed by atoms with E-state index in [2.05, 4.69) is 0 Å². The van der Waals surface area contributed by atoms with Gasteiger partial charge in [0.25, 0.3) is 0 Å². The van der Waals surface area contributed by atoms with Crippen molar-refractivity contribution in [1.82, 2.24) is 4.90 Å². The molecule has 1 aliphatic heterocycles. The molecule has 0 aliphatic carbocycles. The molecule has 1 heterocycles. The van der Waals surface area contributed by atoms with Crippen molar-refractivity contribution in [1.29, 1.82) is 0 Å². The Kier molecular flexibility index (Phi) is 9.71. The number of amides is 1. The van der Waals surface area contributed by atoms with Gasteiger partial charge in [0.2, 0.25) is 11.0 Å². The molecule has 8 nitrogen and oxygen atoms in total. The number of carbonyl (C=O) groups is 3. The highest BCUT2D eigenvalue weighted by Crippen LogP contribution is 2.28. The molecule has 3 rings (SSSR count). The molecular weight excluding hydrogens is 470 g/mol. The van der Waals surface area contributed by atoms with Crippen molar-refractivity contribution in [2.75, 3.05) is 33.6 Å². The molecule has 1 saturated heterocycles. The zero-order chi connectivity index (χ0) is 25.4. The Morgan fingerprint density at radius 1 is 1.03 bits per heavy atom. The maximum atomic E-state index is 13.2. The van der Waals surface area contributed by atoms with E-state index in [4.69, 9.17) is 18.9 Å². The van der Waals surface area contributed by atoms with Crippen molar-refractivity contribution in [3.63, 3.8) is 0 Å². The maximum absolute atomic E-state index is 13.2. The van der Waals surface area contributed by atoms with Gasteiger partial charge in [0, 0.05) is 43.4 Å². The number of nitrogens with zero attached hydrogens (tertiary/aromatic N) is 1. The summed E-state index contributed by atoms with van der Waals surface area (Å²) >= 11 is 1.09. The fourth-order valence-corrected chi connectivity index (χ4v) is 4.84. The smallest absolute Gasteiger partial charge is 0.328 e. The zero-order valence-corrected chi connectivity index (χ0v) is 21.2. The lowest BCUT2D eigenvalue weighted by Crippen LogP contribution is -2.44. The van der Waals surface area contributed by atoms with Gasteiger partial charge < -0.3 is 23.8 Å². The number of hydrogen-bond acceptors (Lipinski definition) is 8. The van der Waals surface area contributed by atoms with Crippen LogP contribution in [0.4, 0.5) is 0 Å². The molecule has 1 fully saturated rings. The Morgan fingerprint density at radius 2 is 1.74 bits per heavy atom. The Morgan fingerprint density at radius 3 is 2.40 bits per heavy atom. The van der Waals surface area contributed by atoms with Gasteiger partial charge >= 0.3 is 5.97 Å². The second-order valence-corrected chi connectivity index (χ2v) is 9.24. The van der Waals surface area contributed by atoms with Gasteiger partial charge in [0.05, 0.1) is 13.7 Å². The molecule has 1 amide bonds. The summed E-state index contributed by atoms with van der Waals surface area (Å²) in [6.45, 7) is 2.00. The molecule has 2 aromatic carbocycles. The molecule has 0 radical (unpaired) electrons. The average molecular weight is 502 g/mol. The number of methoxy groups -OCH3 is 3. The highest BCUT2D eigenvalue weighted by Gasteiger charge is 2.42. The second kappa shape index (κ2) is 12.7. The van der Waals surface area contributed by atoms with E-state index in [1.807, 2.05) is 24.3 Å². The van der Waals surface area contributed by atoms with E-state index in [1.165, 1.54) is 12.0 Å². The lowest BCUT2D eigenvalue weighted by molar-refractivity contribution is -0.151. The van der Waals surface area contributed by atoms with Crippen LogP contribution in [-0.4, -0.2) is 67.7 Å². The first-order valence-corrected chi connectivity index (χ1v) is 12.3. The molecule has 35 heavy (non-hydrogen) atoms. The average Bonchev–Trinajstić information content (AvgIpc) is 3.31. The third-order valence-electron chi connectivity index (χ3n) is 5.78. The van der Waals surface area contributed by atoms with Crippen molar-refractivity contribution >= 4 is 28.8 Å². The predicted molar refractivity (Wildman–Crippen MR) is 132 cm³/mol. The normalized spacial score (nSPS) is 18.4. The van der Waals surface area contributed by atoms with Crippen molar-refractivity contribution in [3.8, 4) is 5.75 Å². The first-order chi connectivity index (χ1) is 16.9. The molecule has 0 aromatic heterocycles. The third-order valence-corrected chi connectivity index (χ3v) is 6.94. The summed E-state index contributed by atoms with van der Waals surface area (Å²) in [5.74, 6) is -0.280. The molecule has 0 bridgehead atoms. The van der Waals surface area contributed by atoms with Crippen LogP contribution in [0.5, 0.6) is 5.75 Å². The summed E-state index contributed by atoms with van der Waals surface area (Å²) in [7, 11) is 4.40. The first-order valence-electron chi connectivity index (χ1n) is 11.3. The summed E-state index contributed by atoms with van der Waals surface area (Å²) in [5, 5.41) is -0.0947. The minimum absolute atomic E-state index is 0.0947. The number of carbonyl (C=O) groups excluding carboxylic acids is 3. The molecule has 9 heteroatoms. The highest BCUT2D eigenvalue weighted by atomic mass is 32.2. The Hall–Kier alpha value is -2.88. The van der Waals surface area contributed by atoms with Crippen LogP contribution >= 0.6 is 11.8 Å². The predicted octanol–water partition coefficient (Wildman–Crippen LogP) is 3.71. The summed E-state index contributed by atoms with van der Waals surface area (Å²) < 4.78 is 21.7. The van der Waals surface area contributed by atoms with Gasteiger partial charge in [-0.15, -0.1) is 0 Å². The van der Waals surface area contributed by atoms with Crippen LogP contribution in [0.3, 0.4) is 0 Å². The fraction of sp³-hybridized carbons (Fsp3) is 0.423. The Bertz CT molecular complexity index is 1010. The quantitative estimate of drug-likeness (QED) is 0.360.